The van der Waals surface area contributed by atoms with E-state index >= 15 is 0 Å². The summed E-state index contributed by atoms with van der Waals surface area (Å²) in [6, 6.07) is 7.92. The number of rotatable bonds is 6. The number of ether oxygens (including phenoxy) is 1. The number of methoxy groups -OCH3 is 1. The van der Waals surface area contributed by atoms with E-state index < -0.39 is 22.8 Å². The van der Waals surface area contributed by atoms with Crippen LogP contribution in [0, 0.1) is 5.82 Å². The molecule has 0 saturated carbocycles. The Balaban J connectivity index is 2.20. The number of benzene rings is 2. The Bertz CT molecular complexity index is 1130. The van der Waals surface area contributed by atoms with Crippen LogP contribution < -0.4 is 5.43 Å². The molecule has 0 atom stereocenters. The van der Waals surface area contributed by atoms with Gasteiger partial charge in [-0.3, -0.25) is 4.79 Å². The Labute approximate surface area is 169 Å². The van der Waals surface area contributed by atoms with Crippen molar-refractivity contribution in [1.29, 1.82) is 0 Å². The molecule has 0 unspecified atom stereocenters. The molecule has 0 bridgehead atoms. The fourth-order valence-corrected chi connectivity index (χ4v) is 3.46. The lowest BCUT2D eigenvalue weighted by Crippen LogP contribution is -2.21. The Morgan fingerprint density at radius 3 is 2.71 bits per heavy atom. The minimum atomic E-state index is -1.37. The molecule has 3 rings (SSSR count). The third-order valence-corrected chi connectivity index (χ3v) is 5.24. The van der Waals surface area contributed by atoms with Crippen molar-refractivity contribution in [1.82, 2.24) is 4.57 Å². The highest BCUT2D eigenvalue weighted by molar-refractivity contribution is 6.42. The summed E-state index contributed by atoms with van der Waals surface area (Å²) in [6.45, 7) is 0.431. The largest absolute Gasteiger partial charge is 0.477 e. The molecule has 0 aliphatic carbocycles. The smallest absolute Gasteiger partial charge is 0.341 e. The number of halogens is 3. The molecule has 0 aliphatic rings. The average Bonchev–Trinajstić information content (AvgIpc) is 2.65. The lowest BCUT2D eigenvalue weighted by Gasteiger charge is -2.14. The molecule has 0 amide bonds. The summed E-state index contributed by atoms with van der Waals surface area (Å²) in [6.07, 6.45) is 1.38. The van der Waals surface area contributed by atoms with Crippen LogP contribution in [-0.2, 0) is 17.7 Å². The molecule has 3 aromatic rings. The van der Waals surface area contributed by atoms with E-state index in [0.717, 1.165) is 6.20 Å². The van der Waals surface area contributed by atoms with Crippen molar-refractivity contribution < 1.29 is 19.0 Å². The second-order valence-electron chi connectivity index (χ2n) is 6.23. The third kappa shape index (κ3) is 3.90. The van der Waals surface area contributed by atoms with E-state index in [0.29, 0.717) is 21.2 Å². The van der Waals surface area contributed by atoms with Gasteiger partial charge in [0.2, 0.25) is 5.43 Å². The summed E-state index contributed by atoms with van der Waals surface area (Å²) < 4.78 is 21.3. The minimum Gasteiger partial charge on any atom is -0.477 e. The van der Waals surface area contributed by atoms with Gasteiger partial charge in [-0.15, -0.1) is 0 Å². The molecule has 0 radical (unpaired) electrons. The zero-order valence-electron chi connectivity index (χ0n) is 14.8. The molecule has 2 aromatic carbocycles. The van der Waals surface area contributed by atoms with Crippen molar-refractivity contribution in [2.24, 2.45) is 0 Å². The van der Waals surface area contributed by atoms with Gasteiger partial charge in [0.25, 0.3) is 0 Å². The van der Waals surface area contributed by atoms with Crippen molar-refractivity contribution >= 4 is 40.1 Å². The van der Waals surface area contributed by atoms with Crippen LogP contribution in [0.1, 0.15) is 21.5 Å². The summed E-state index contributed by atoms with van der Waals surface area (Å²) in [5.41, 5.74) is 0.0113. The molecule has 1 heterocycles. The zero-order chi connectivity index (χ0) is 20.4. The highest BCUT2D eigenvalue weighted by atomic mass is 35.5. The SMILES string of the molecule is COCCn1cc(C(=O)O)c(=O)c2cc(Cc3cccc(Cl)c3Cl)cc(F)c21. The third-order valence-electron chi connectivity index (χ3n) is 4.38. The highest BCUT2D eigenvalue weighted by Gasteiger charge is 2.18. The molecular weight excluding hydrogens is 408 g/mol. The summed E-state index contributed by atoms with van der Waals surface area (Å²) >= 11 is 12.2. The molecule has 0 spiro atoms. The maximum absolute atomic E-state index is 14.9. The summed E-state index contributed by atoms with van der Waals surface area (Å²) in [4.78, 5) is 24.1. The van der Waals surface area contributed by atoms with Gasteiger partial charge in [-0.05, 0) is 35.7 Å². The average molecular weight is 424 g/mol. The second kappa shape index (κ2) is 8.31. The van der Waals surface area contributed by atoms with E-state index in [9.17, 15) is 19.1 Å². The maximum atomic E-state index is 14.9. The molecule has 0 aliphatic heterocycles. The number of carboxylic acids is 1. The van der Waals surface area contributed by atoms with E-state index in [4.69, 9.17) is 27.9 Å². The van der Waals surface area contributed by atoms with Crippen molar-refractivity contribution in [3.63, 3.8) is 0 Å². The van der Waals surface area contributed by atoms with Crippen molar-refractivity contribution in [3.8, 4) is 0 Å². The Hall–Kier alpha value is -2.41. The van der Waals surface area contributed by atoms with Crippen LogP contribution in [0.4, 0.5) is 4.39 Å². The number of aromatic nitrogens is 1. The van der Waals surface area contributed by atoms with Gasteiger partial charge in [0.05, 0.1) is 22.2 Å². The fraction of sp³-hybridized carbons (Fsp3) is 0.200. The zero-order valence-corrected chi connectivity index (χ0v) is 16.4. The van der Waals surface area contributed by atoms with Crippen LogP contribution in [0.25, 0.3) is 10.9 Å². The number of hydrogen-bond acceptors (Lipinski definition) is 3. The summed E-state index contributed by atoms with van der Waals surface area (Å²) in [5, 5.41) is 10.1. The maximum Gasteiger partial charge on any atom is 0.341 e. The molecule has 0 fully saturated rings. The number of carboxylic acid groups (broad SMARTS) is 1. The number of aromatic carboxylic acids is 1. The summed E-state index contributed by atoms with van der Waals surface area (Å²) in [7, 11) is 1.48. The van der Waals surface area contributed by atoms with Crippen LogP contribution in [0.2, 0.25) is 10.0 Å². The topological polar surface area (TPSA) is 68.5 Å². The van der Waals surface area contributed by atoms with Crippen molar-refractivity contribution in [2.45, 2.75) is 13.0 Å². The highest BCUT2D eigenvalue weighted by Crippen LogP contribution is 2.28. The first-order chi connectivity index (χ1) is 13.3. The minimum absolute atomic E-state index is 0.0100. The van der Waals surface area contributed by atoms with Gasteiger partial charge in [-0.25, -0.2) is 9.18 Å². The Morgan fingerprint density at radius 1 is 1.29 bits per heavy atom. The number of pyridine rings is 1. The van der Waals surface area contributed by atoms with E-state index in [1.165, 1.54) is 23.8 Å². The van der Waals surface area contributed by atoms with Gasteiger partial charge in [0.15, 0.2) is 0 Å². The Kier molecular flexibility index (Phi) is 6.03. The number of fused-ring (bicyclic) bond motifs is 1. The molecule has 28 heavy (non-hydrogen) atoms. The van der Waals surface area contributed by atoms with E-state index in [-0.39, 0.29) is 30.5 Å². The molecule has 146 valence electrons. The van der Waals surface area contributed by atoms with Gasteiger partial charge in [-0.1, -0.05) is 35.3 Å². The lowest BCUT2D eigenvalue weighted by atomic mass is 10.0. The van der Waals surface area contributed by atoms with Crippen LogP contribution in [0.15, 0.2) is 41.3 Å². The number of hydrogen-bond donors (Lipinski definition) is 1. The van der Waals surface area contributed by atoms with Gasteiger partial charge < -0.3 is 14.4 Å². The first-order valence-electron chi connectivity index (χ1n) is 8.34. The van der Waals surface area contributed by atoms with Gasteiger partial charge >= 0.3 is 5.97 Å². The predicted octanol–water partition coefficient (Wildman–Crippen LogP) is 4.38. The van der Waals surface area contributed by atoms with Crippen LogP contribution in [-0.4, -0.2) is 29.4 Å². The first-order valence-corrected chi connectivity index (χ1v) is 9.09. The second-order valence-corrected chi connectivity index (χ2v) is 7.01. The summed E-state index contributed by atoms with van der Waals surface area (Å²) in [5.74, 6) is -2.00. The predicted molar refractivity (Wildman–Crippen MR) is 106 cm³/mol. The van der Waals surface area contributed by atoms with Gasteiger partial charge in [0.1, 0.15) is 11.4 Å². The van der Waals surface area contributed by atoms with Crippen LogP contribution >= 0.6 is 23.2 Å². The molecule has 1 N–H and O–H groups in total. The molecule has 1 aromatic heterocycles. The van der Waals surface area contributed by atoms with E-state index in [1.807, 2.05) is 0 Å². The van der Waals surface area contributed by atoms with Crippen molar-refractivity contribution in [3.05, 3.63) is 79.3 Å². The standard InChI is InChI=1S/C20H16Cl2FNO4/c1-28-6-5-24-10-14(20(26)27)19(25)13-8-11(9-16(23)18(13)24)7-12-3-2-4-15(21)17(12)22/h2-4,8-10H,5-7H2,1H3,(H,26,27). The Morgan fingerprint density at radius 2 is 2.04 bits per heavy atom. The molecule has 8 heteroatoms. The van der Waals surface area contributed by atoms with Crippen molar-refractivity contribution in [2.75, 3.05) is 13.7 Å². The number of carbonyl (C=O) groups is 1. The van der Waals surface area contributed by atoms with Gasteiger partial charge in [-0.2, -0.15) is 0 Å². The quantitative estimate of drug-likeness (QED) is 0.638. The van der Waals surface area contributed by atoms with Crippen LogP contribution in [0.3, 0.4) is 0 Å². The molecule has 0 saturated heterocycles. The van der Waals surface area contributed by atoms with E-state index in [1.54, 1.807) is 18.2 Å². The number of nitrogens with zero attached hydrogens (tertiary/aromatic N) is 1. The monoisotopic (exact) mass is 423 g/mol. The fourth-order valence-electron chi connectivity index (χ4n) is 3.07. The van der Waals surface area contributed by atoms with E-state index in [2.05, 4.69) is 0 Å². The first kappa shape index (κ1) is 20.3. The normalized spacial score (nSPS) is 11.1. The van der Waals surface area contributed by atoms with Crippen LogP contribution in [0.5, 0.6) is 0 Å². The lowest BCUT2D eigenvalue weighted by molar-refractivity contribution is 0.0694. The van der Waals surface area contributed by atoms with Gasteiger partial charge in [0, 0.05) is 25.2 Å². The molecule has 5 nitrogen and oxygen atoms in total. The molecular formula is C20H16Cl2FNO4.